The van der Waals surface area contributed by atoms with Crippen molar-refractivity contribution in [1.29, 1.82) is 0 Å². The summed E-state index contributed by atoms with van der Waals surface area (Å²) in [6.45, 7) is 4.61. The van der Waals surface area contributed by atoms with Gasteiger partial charge in [-0.25, -0.2) is 4.79 Å². The summed E-state index contributed by atoms with van der Waals surface area (Å²) in [6, 6.07) is -0.393. The van der Waals surface area contributed by atoms with Crippen molar-refractivity contribution in [1.82, 2.24) is 10.6 Å². The summed E-state index contributed by atoms with van der Waals surface area (Å²) in [5, 5.41) is 5.09. The molecule has 2 heterocycles. The average molecular weight is 268 g/mol. The number of rotatable bonds is 6. The summed E-state index contributed by atoms with van der Waals surface area (Å²) in [4.78, 5) is 23.3. The van der Waals surface area contributed by atoms with Crippen LogP contribution in [0.1, 0.15) is 58.8 Å². The fourth-order valence-corrected chi connectivity index (χ4v) is 3.13. The minimum atomic E-state index is -0.821. The molecule has 0 bridgehead atoms. The molecule has 2 fully saturated rings. The van der Waals surface area contributed by atoms with Crippen LogP contribution >= 0.6 is 0 Å². The number of hydrogen-bond acceptors (Lipinski definition) is 3. The van der Waals surface area contributed by atoms with Gasteiger partial charge < -0.3 is 10.1 Å². The number of unbranched alkanes of at least 4 members (excludes halogenated alkanes) is 2. The van der Waals surface area contributed by atoms with E-state index in [-0.39, 0.29) is 11.5 Å². The number of carbonyl (C=O) groups is 2. The second kappa shape index (κ2) is 5.49. The van der Waals surface area contributed by atoms with Gasteiger partial charge in [-0.3, -0.25) is 10.1 Å². The lowest BCUT2D eigenvalue weighted by Gasteiger charge is -2.29. The van der Waals surface area contributed by atoms with Crippen LogP contribution in [0.5, 0.6) is 0 Å². The van der Waals surface area contributed by atoms with Gasteiger partial charge in [0.2, 0.25) is 0 Å². The van der Waals surface area contributed by atoms with Gasteiger partial charge in [0.05, 0.1) is 12.2 Å². The summed E-state index contributed by atoms with van der Waals surface area (Å²) in [5.74, 6) is -0.229. The zero-order valence-corrected chi connectivity index (χ0v) is 11.9. The highest BCUT2D eigenvalue weighted by Crippen LogP contribution is 2.41. The van der Waals surface area contributed by atoms with Crippen molar-refractivity contribution in [3.63, 3.8) is 0 Å². The molecule has 108 valence electrons. The molecule has 0 saturated carbocycles. The van der Waals surface area contributed by atoms with E-state index in [1.54, 1.807) is 0 Å². The Morgan fingerprint density at radius 1 is 1.16 bits per heavy atom. The van der Waals surface area contributed by atoms with Gasteiger partial charge in [0, 0.05) is 6.42 Å². The first-order valence-electron chi connectivity index (χ1n) is 7.33. The number of urea groups is 1. The summed E-state index contributed by atoms with van der Waals surface area (Å²) in [5.41, 5.74) is -1.06. The number of amides is 3. The molecule has 19 heavy (non-hydrogen) atoms. The summed E-state index contributed by atoms with van der Waals surface area (Å²) < 4.78 is 6.03. The number of nitrogens with one attached hydrogen (secondary N) is 2. The first-order valence-corrected chi connectivity index (χ1v) is 7.33. The molecule has 0 aromatic heterocycles. The fourth-order valence-electron chi connectivity index (χ4n) is 3.13. The van der Waals surface area contributed by atoms with Crippen LogP contribution in [0.3, 0.4) is 0 Å². The van der Waals surface area contributed by atoms with Crippen molar-refractivity contribution in [3.8, 4) is 0 Å². The highest BCUT2D eigenvalue weighted by atomic mass is 16.5. The molecule has 0 aromatic rings. The van der Waals surface area contributed by atoms with Gasteiger partial charge in [0.15, 0.2) is 0 Å². The van der Waals surface area contributed by atoms with Gasteiger partial charge in [0.1, 0.15) is 5.54 Å². The Bertz CT molecular complexity index is 362. The van der Waals surface area contributed by atoms with Gasteiger partial charge in [0.25, 0.3) is 5.91 Å². The number of imide groups is 1. The number of ether oxygens (including phenoxy) is 1. The molecular formula is C14H24N2O3. The molecule has 2 aliphatic heterocycles. The van der Waals surface area contributed by atoms with E-state index in [0.717, 1.165) is 38.5 Å². The van der Waals surface area contributed by atoms with Crippen LogP contribution in [-0.4, -0.2) is 29.7 Å². The van der Waals surface area contributed by atoms with Crippen LogP contribution < -0.4 is 10.6 Å². The average Bonchev–Trinajstić information content (AvgIpc) is 2.87. The Labute approximate surface area is 114 Å². The Morgan fingerprint density at radius 2 is 1.79 bits per heavy atom. The lowest BCUT2D eigenvalue weighted by atomic mass is 9.82. The van der Waals surface area contributed by atoms with Crippen LogP contribution in [0.15, 0.2) is 0 Å². The lowest BCUT2D eigenvalue weighted by Crippen LogP contribution is -2.48. The van der Waals surface area contributed by atoms with E-state index in [2.05, 4.69) is 24.5 Å². The van der Waals surface area contributed by atoms with E-state index in [9.17, 15) is 9.59 Å². The Balaban J connectivity index is 2.10. The predicted octanol–water partition coefficient (Wildman–Crippen LogP) is 2.10. The highest BCUT2D eigenvalue weighted by Gasteiger charge is 2.57. The molecule has 0 aliphatic carbocycles. The summed E-state index contributed by atoms with van der Waals surface area (Å²) in [7, 11) is 0. The molecule has 0 radical (unpaired) electrons. The molecule has 2 rings (SSSR count). The topological polar surface area (TPSA) is 67.4 Å². The zero-order chi connectivity index (χ0) is 13.9. The smallest absolute Gasteiger partial charge is 0.322 e. The molecule has 1 spiro atoms. The quantitative estimate of drug-likeness (QED) is 0.725. The van der Waals surface area contributed by atoms with Crippen LogP contribution in [0.2, 0.25) is 0 Å². The van der Waals surface area contributed by atoms with Crippen molar-refractivity contribution in [2.45, 2.75) is 69.9 Å². The maximum Gasteiger partial charge on any atom is 0.322 e. The first-order chi connectivity index (χ1) is 9.06. The lowest BCUT2D eigenvalue weighted by molar-refractivity contribution is -0.123. The van der Waals surface area contributed by atoms with E-state index in [1.807, 2.05) is 0 Å². The second-order valence-electron chi connectivity index (χ2n) is 5.85. The van der Waals surface area contributed by atoms with Crippen LogP contribution in [0.25, 0.3) is 0 Å². The van der Waals surface area contributed by atoms with Gasteiger partial charge in [-0.2, -0.15) is 0 Å². The van der Waals surface area contributed by atoms with Gasteiger partial charge in [-0.1, -0.05) is 39.5 Å². The van der Waals surface area contributed by atoms with E-state index in [0.29, 0.717) is 13.0 Å². The Morgan fingerprint density at radius 3 is 2.26 bits per heavy atom. The summed E-state index contributed by atoms with van der Waals surface area (Å²) in [6.07, 6.45) is 6.96. The SMILES string of the molecule is CCCCC1(CCCC)CC2(CO1)NC(=O)NC2=O. The predicted molar refractivity (Wildman–Crippen MR) is 71.8 cm³/mol. The van der Waals surface area contributed by atoms with Crippen LogP contribution in [0.4, 0.5) is 4.79 Å². The summed E-state index contributed by atoms with van der Waals surface area (Å²) >= 11 is 0. The molecular weight excluding hydrogens is 244 g/mol. The van der Waals surface area contributed by atoms with E-state index in [1.165, 1.54) is 0 Å². The largest absolute Gasteiger partial charge is 0.372 e. The van der Waals surface area contributed by atoms with E-state index < -0.39 is 11.6 Å². The zero-order valence-electron chi connectivity index (χ0n) is 11.9. The van der Waals surface area contributed by atoms with Crippen molar-refractivity contribution in [3.05, 3.63) is 0 Å². The molecule has 2 N–H and O–H groups in total. The van der Waals surface area contributed by atoms with Crippen molar-refractivity contribution in [2.75, 3.05) is 6.61 Å². The minimum Gasteiger partial charge on any atom is -0.372 e. The molecule has 3 amide bonds. The van der Waals surface area contributed by atoms with E-state index >= 15 is 0 Å². The Kier molecular flexibility index (Phi) is 4.13. The normalized spacial score (nSPS) is 28.7. The Hall–Kier alpha value is -1.10. The van der Waals surface area contributed by atoms with Crippen molar-refractivity contribution >= 4 is 11.9 Å². The molecule has 2 aliphatic rings. The van der Waals surface area contributed by atoms with Gasteiger partial charge in [-0.05, 0) is 12.8 Å². The standard InChI is InChI=1S/C14H24N2O3/c1-3-5-7-13(8-6-4-2)9-14(10-19-13)11(17)15-12(18)16-14/h3-10H2,1-2H3,(H2,15,16,17,18). The number of carbonyl (C=O) groups excluding carboxylic acids is 2. The minimum absolute atomic E-state index is 0.229. The maximum atomic E-state index is 12.0. The van der Waals surface area contributed by atoms with Gasteiger partial charge in [-0.15, -0.1) is 0 Å². The highest BCUT2D eigenvalue weighted by molar-refractivity contribution is 6.07. The molecule has 5 heteroatoms. The molecule has 1 atom stereocenters. The molecule has 5 nitrogen and oxygen atoms in total. The molecule has 0 aromatic carbocycles. The van der Waals surface area contributed by atoms with E-state index in [4.69, 9.17) is 4.74 Å². The van der Waals surface area contributed by atoms with Crippen molar-refractivity contribution in [2.24, 2.45) is 0 Å². The van der Waals surface area contributed by atoms with Crippen molar-refractivity contribution < 1.29 is 14.3 Å². The maximum absolute atomic E-state index is 12.0. The third kappa shape index (κ3) is 2.76. The van der Waals surface area contributed by atoms with Gasteiger partial charge >= 0.3 is 6.03 Å². The molecule has 1 unspecified atom stereocenters. The fraction of sp³-hybridized carbons (Fsp3) is 0.857. The number of hydrogen-bond donors (Lipinski definition) is 2. The van der Waals surface area contributed by atoms with Crippen LogP contribution in [0, 0.1) is 0 Å². The third-order valence-electron chi connectivity index (χ3n) is 4.24. The molecule has 2 saturated heterocycles. The van der Waals surface area contributed by atoms with Crippen LogP contribution in [-0.2, 0) is 9.53 Å². The third-order valence-corrected chi connectivity index (χ3v) is 4.24. The first kappa shape index (κ1) is 14.3. The monoisotopic (exact) mass is 268 g/mol. The second-order valence-corrected chi connectivity index (χ2v) is 5.85.